The Labute approximate surface area is 176 Å². The van der Waals surface area contributed by atoms with Gasteiger partial charge in [0.15, 0.2) is 0 Å². The van der Waals surface area contributed by atoms with Gasteiger partial charge in [0.05, 0.1) is 23.5 Å². The predicted octanol–water partition coefficient (Wildman–Crippen LogP) is 5.01. The van der Waals surface area contributed by atoms with Crippen LogP contribution in [0.5, 0.6) is 0 Å². The lowest BCUT2D eigenvalue weighted by Crippen LogP contribution is -2.29. The van der Waals surface area contributed by atoms with Crippen LogP contribution < -0.4 is 4.90 Å². The second kappa shape index (κ2) is 7.70. The maximum Gasteiger partial charge on any atom is 0.300 e. The number of aliphatic hydroxyl groups is 1. The van der Waals surface area contributed by atoms with Gasteiger partial charge < -0.3 is 5.11 Å². The number of pyridine rings is 1. The zero-order valence-electron chi connectivity index (χ0n) is 14.9. The average molecular weight is 425 g/mol. The van der Waals surface area contributed by atoms with E-state index in [0.717, 1.165) is 0 Å². The van der Waals surface area contributed by atoms with E-state index in [1.165, 1.54) is 11.1 Å². The van der Waals surface area contributed by atoms with Crippen LogP contribution in [0.4, 0.5) is 5.69 Å². The third-order valence-corrected chi connectivity index (χ3v) is 5.18. The second-order valence-corrected chi connectivity index (χ2v) is 7.31. The SMILES string of the molecule is O=C1C(=O)N(c2cccnc2)C(c2ccc(Cl)cc2)C1=C(O)c1ccc(Cl)cc1. The number of carbonyl (C=O) groups excluding carboxylic acids is 2. The molecule has 1 fully saturated rings. The molecule has 1 amide bonds. The lowest BCUT2D eigenvalue weighted by molar-refractivity contribution is -0.132. The highest BCUT2D eigenvalue weighted by Gasteiger charge is 2.47. The Hall–Kier alpha value is -3.15. The average Bonchev–Trinajstić information content (AvgIpc) is 3.00. The number of nitrogens with zero attached hydrogens (tertiary/aromatic N) is 2. The molecule has 2 aromatic carbocycles. The highest BCUT2D eigenvalue weighted by Crippen LogP contribution is 2.42. The number of rotatable bonds is 3. The van der Waals surface area contributed by atoms with E-state index < -0.39 is 17.7 Å². The molecular weight excluding hydrogens is 411 g/mol. The molecule has 0 aliphatic carbocycles. The van der Waals surface area contributed by atoms with Crippen LogP contribution >= 0.6 is 23.2 Å². The van der Waals surface area contributed by atoms with Gasteiger partial charge in [0.2, 0.25) is 0 Å². The molecule has 5 nitrogen and oxygen atoms in total. The van der Waals surface area contributed by atoms with Gasteiger partial charge in [0.25, 0.3) is 11.7 Å². The van der Waals surface area contributed by atoms with Crippen molar-refractivity contribution in [2.75, 3.05) is 4.90 Å². The van der Waals surface area contributed by atoms with Crippen molar-refractivity contribution in [2.24, 2.45) is 0 Å². The van der Waals surface area contributed by atoms with Gasteiger partial charge in [-0.1, -0.05) is 35.3 Å². The molecule has 2 heterocycles. The fourth-order valence-electron chi connectivity index (χ4n) is 3.32. The quantitative estimate of drug-likeness (QED) is 0.364. The topological polar surface area (TPSA) is 70.5 Å². The Kier molecular flexibility index (Phi) is 5.09. The summed E-state index contributed by atoms with van der Waals surface area (Å²) in [5, 5.41) is 12.0. The largest absolute Gasteiger partial charge is 0.507 e. The molecule has 1 aliphatic heterocycles. The smallest absolute Gasteiger partial charge is 0.300 e. The molecule has 1 saturated heterocycles. The van der Waals surface area contributed by atoms with Crippen LogP contribution in [0.1, 0.15) is 17.2 Å². The minimum Gasteiger partial charge on any atom is -0.507 e. The Morgan fingerprint density at radius 3 is 2.14 bits per heavy atom. The molecule has 1 atom stereocenters. The summed E-state index contributed by atoms with van der Waals surface area (Å²) >= 11 is 11.9. The van der Waals surface area contributed by atoms with E-state index in [9.17, 15) is 14.7 Å². The van der Waals surface area contributed by atoms with Crippen LogP contribution in [0, 0.1) is 0 Å². The highest BCUT2D eigenvalue weighted by molar-refractivity contribution is 6.51. The number of anilines is 1. The van der Waals surface area contributed by atoms with Crippen LogP contribution in [0.25, 0.3) is 5.76 Å². The Bertz CT molecular complexity index is 1110. The lowest BCUT2D eigenvalue weighted by atomic mass is 9.95. The number of amides is 1. The summed E-state index contributed by atoms with van der Waals surface area (Å²) in [6.07, 6.45) is 3.07. The molecule has 144 valence electrons. The number of halogens is 2. The molecule has 7 heteroatoms. The summed E-state index contributed by atoms with van der Waals surface area (Å²) in [4.78, 5) is 31.2. The first-order chi connectivity index (χ1) is 14.0. The lowest BCUT2D eigenvalue weighted by Gasteiger charge is -2.25. The van der Waals surface area contributed by atoms with Gasteiger partial charge in [-0.05, 0) is 54.1 Å². The van der Waals surface area contributed by atoms with Gasteiger partial charge in [-0.2, -0.15) is 0 Å². The van der Waals surface area contributed by atoms with Crippen LogP contribution in [0.2, 0.25) is 10.0 Å². The van der Waals surface area contributed by atoms with Gasteiger partial charge in [-0.3, -0.25) is 19.5 Å². The van der Waals surface area contributed by atoms with Crippen molar-refractivity contribution in [1.29, 1.82) is 0 Å². The molecule has 1 aliphatic rings. The van der Waals surface area contributed by atoms with Crippen LogP contribution in [-0.4, -0.2) is 21.8 Å². The number of hydrogen-bond donors (Lipinski definition) is 1. The molecule has 1 N–H and O–H groups in total. The standard InChI is InChI=1S/C22H14Cl2N2O3/c23-15-7-3-13(4-8-15)19-18(20(27)14-5-9-16(24)10-6-14)21(28)22(29)26(19)17-2-1-11-25-12-17/h1-12,19,27H. The second-order valence-electron chi connectivity index (χ2n) is 6.44. The van der Waals surface area contributed by atoms with Crippen LogP contribution in [0.15, 0.2) is 78.6 Å². The summed E-state index contributed by atoms with van der Waals surface area (Å²) in [7, 11) is 0. The molecule has 4 rings (SSSR count). The van der Waals surface area contributed by atoms with Crippen molar-refractivity contribution in [3.8, 4) is 0 Å². The zero-order valence-corrected chi connectivity index (χ0v) is 16.4. The van der Waals surface area contributed by atoms with Crippen molar-refractivity contribution in [3.63, 3.8) is 0 Å². The van der Waals surface area contributed by atoms with E-state index in [-0.39, 0.29) is 11.3 Å². The van der Waals surface area contributed by atoms with Crippen LogP contribution in [-0.2, 0) is 9.59 Å². The van der Waals surface area contributed by atoms with E-state index in [2.05, 4.69) is 4.98 Å². The molecule has 1 unspecified atom stereocenters. The maximum absolute atomic E-state index is 12.9. The summed E-state index contributed by atoms with van der Waals surface area (Å²) < 4.78 is 0. The third kappa shape index (κ3) is 3.50. The predicted molar refractivity (Wildman–Crippen MR) is 112 cm³/mol. The molecule has 0 spiro atoms. The van der Waals surface area contributed by atoms with E-state index >= 15 is 0 Å². The van der Waals surface area contributed by atoms with Crippen molar-refractivity contribution in [1.82, 2.24) is 4.98 Å². The Balaban J connectivity index is 1.94. The number of Topliss-reactive ketones (excluding diaryl/α,β-unsaturated/α-hetero) is 1. The van der Waals surface area contributed by atoms with Gasteiger partial charge >= 0.3 is 0 Å². The number of benzene rings is 2. The van der Waals surface area contributed by atoms with Gasteiger partial charge in [0.1, 0.15) is 5.76 Å². The Morgan fingerprint density at radius 1 is 0.931 bits per heavy atom. The maximum atomic E-state index is 12.9. The molecule has 29 heavy (non-hydrogen) atoms. The monoisotopic (exact) mass is 424 g/mol. The van der Waals surface area contributed by atoms with Crippen molar-refractivity contribution in [2.45, 2.75) is 6.04 Å². The minimum atomic E-state index is -0.827. The van der Waals surface area contributed by atoms with Gasteiger partial charge in [-0.25, -0.2) is 0 Å². The van der Waals surface area contributed by atoms with E-state index in [1.54, 1.807) is 66.9 Å². The van der Waals surface area contributed by atoms with Crippen molar-refractivity contribution >= 4 is 46.3 Å². The Morgan fingerprint density at radius 2 is 1.55 bits per heavy atom. The number of aromatic nitrogens is 1. The van der Waals surface area contributed by atoms with Crippen LogP contribution in [0.3, 0.4) is 0 Å². The van der Waals surface area contributed by atoms with E-state index in [1.807, 2.05) is 0 Å². The zero-order chi connectivity index (χ0) is 20.5. The highest BCUT2D eigenvalue weighted by atomic mass is 35.5. The summed E-state index contributed by atoms with van der Waals surface area (Å²) in [6, 6.07) is 15.7. The fourth-order valence-corrected chi connectivity index (χ4v) is 3.57. The number of aliphatic hydroxyl groups excluding tert-OH is 1. The van der Waals surface area contributed by atoms with Crippen molar-refractivity contribution < 1.29 is 14.7 Å². The summed E-state index contributed by atoms with van der Waals surface area (Å²) in [5.41, 5.74) is 1.46. The summed E-state index contributed by atoms with van der Waals surface area (Å²) in [6.45, 7) is 0. The van der Waals surface area contributed by atoms with Gasteiger partial charge in [0, 0.05) is 21.8 Å². The normalized spacial score (nSPS) is 18.3. The molecule has 3 aromatic rings. The van der Waals surface area contributed by atoms with E-state index in [4.69, 9.17) is 23.2 Å². The molecule has 1 aromatic heterocycles. The minimum absolute atomic E-state index is 0.0107. The third-order valence-electron chi connectivity index (χ3n) is 4.67. The first kappa shape index (κ1) is 19.2. The molecule has 0 radical (unpaired) electrons. The number of hydrogen-bond acceptors (Lipinski definition) is 4. The summed E-state index contributed by atoms with van der Waals surface area (Å²) in [5.74, 6) is -1.79. The molecule has 0 saturated carbocycles. The van der Waals surface area contributed by atoms with E-state index in [0.29, 0.717) is 26.9 Å². The van der Waals surface area contributed by atoms with Crippen molar-refractivity contribution in [3.05, 3.63) is 99.8 Å². The first-order valence-electron chi connectivity index (χ1n) is 8.70. The number of ketones is 1. The molecular formula is C22H14Cl2N2O3. The molecule has 0 bridgehead atoms. The fraction of sp³-hybridized carbons (Fsp3) is 0.0455. The van der Waals surface area contributed by atoms with Gasteiger partial charge in [-0.15, -0.1) is 0 Å². The first-order valence-corrected chi connectivity index (χ1v) is 9.45. The number of carbonyl (C=O) groups is 2.